The maximum Gasteiger partial charge on any atom is 0.225 e. The Morgan fingerprint density at radius 1 is 0.957 bits per heavy atom. The smallest absolute Gasteiger partial charge is 0.225 e. The molecule has 2 heterocycles. The highest BCUT2D eigenvalue weighted by Gasteiger charge is 2.22. The molecule has 2 aliphatic heterocycles. The summed E-state index contributed by atoms with van der Waals surface area (Å²) in [4.78, 5) is 30.5. The van der Waals surface area contributed by atoms with Crippen molar-refractivity contribution in [2.75, 3.05) is 58.9 Å². The van der Waals surface area contributed by atoms with Gasteiger partial charge in [0, 0.05) is 64.7 Å². The number of nitrogens with zero attached hydrogens (tertiary/aromatic N) is 3. The average Bonchev–Trinajstić information content (AvgIpc) is 2.78. The van der Waals surface area contributed by atoms with E-state index in [4.69, 9.17) is 0 Å². The maximum atomic E-state index is 12.2. The Kier molecular flexibility index (Phi) is 8.87. The minimum Gasteiger partial charge on any atom is -0.341 e. The lowest BCUT2D eigenvalue weighted by molar-refractivity contribution is -0.134. The molecule has 1 N–H and O–H groups in total. The van der Waals surface area contributed by atoms with Crippen molar-refractivity contribution >= 4 is 24.2 Å². The zero-order valence-electron chi connectivity index (χ0n) is 14.4. The lowest BCUT2D eigenvalue weighted by atomic mass is 10.2. The molecule has 2 rings (SSSR count). The summed E-state index contributed by atoms with van der Waals surface area (Å²) in [5.74, 6) is 0.584. The number of piperazine rings is 1. The van der Waals surface area contributed by atoms with E-state index in [1.54, 1.807) is 0 Å². The van der Waals surface area contributed by atoms with Crippen LogP contribution in [0.2, 0.25) is 0 Å². The fourth-order valence-corrected chi connectivity index (χ4v) is 3.11. The summed E-state index contributed by atoms with van der Waals surface area (Å²) < 4.78 is 0. The largest absolute Gasteiger partial charge is 0.341 e. The van der Waals surface area contributed by atoms with Crippen molar-refractivity contribution in [3.05, 3.63) is 0 Å². The number of hydrogen-bond acceptors (Lipinski definition) is 4. The molecule has 0 spiro atoms. The zero-order chi connectivity index (χ0) is 15.9. The third-order valence-corrected chi connectivity index (χ3v) is 4.51. The first-order valence-electron chi connectivity index (χ1n) is 8.57. The molecule has 6 nitrogen and oxygen atoms in total. The number of rotatable bonds is 4. The third kappa shape index (κ3) is 6.28. The highest BCUT2D eigenvalue weighted by atomic mass is 35.5. The second-order valence-electron chi connectivity index (χ2n) is 6.56. The third-order valence-electron chi connectivity index (χ3n) is 4.51. The number of carbonyl (C=O) groups is 2. The summed E-state index contributed by atoms with van der Waals surface area (Å²) in [5, 5.41) is 3.27. The van der Waals surface area contributed by atoms with Crippen LogP contribution in [0.15, 0.2) is 0 Å². The molecular weight excluding hydrogens is 316 g/mol. The molecule has 2 saturated heterocycles. The summed E-state index contributed by atoms with van der Waals surface area (Å²) in [5.41, 5.74) is 0. The lowest BCUT2D eigenvalue weighted by Gasteiger charge is -2.28. The normalized spacial score (nSPS) is 20.1. The fraction of sp³-hybridized carbons (Fsp3) is 0.875. The van der Waals surface area contributed by atoms with Gasteiger partial charge in [-0.15, -0.1) is 12.4 Å². The number of carbonyl (C=O) groups excluding carboxylic acids is 2. The Labute approximate surface area is 146 Å². The number of amides is 2. The van der Waals surface area contributed by atoms with Gasteiger partial charge in [0.15, 0.2) is 0 Å². The summed E-state index contributed by atoms with van der Waals surface area (Å²) in [7, 11) is 0. The first-order valence-corrected chi connectivity index (χ1v) is 8.57. The molecule has 2 fully saturated rings. The van der Waals surface area contributed by atoms with E-state index in [0.717, 1.165) is 65.3 Å². The quantitative estimate of drug-likeness (QED) is 0.801. The predicted molar refractivity (Wildman–Crippen MR) is 93.8 cm³/mol. The summed E-state index contributed by atoms with van der Waals surface area (Å²) in [6.45, 7) is 11.7. The van der Waals surface area contributed by atoms with Gasteiger partial charge in [-0.1, -0.05) is 13.8 Å². The van der Waals surface area contributed by atoms with Gasteiger partial charge >= 0.3 is 0 Å². The highest BCUT2D eigenvalue weighted by molar-refractivity contribution is 5.85. The van der Waals surface area contributed by atoms with E-state index in [9.17, 15) is 9.59 Å². The summed E-state index contributed by atoms with van der Waals surface area (Å²) >= 11 is 0. The SMILES string of the molecule is CC(C)C(=O)N1CCCN(CCC(=O)N2CCNCC2)CC1.Cl. The molecule has 0 aromatic rings. The van der Waals surface area contributed by atoms with Crippen LogP contribution in [-0.4, -0.2) is 85.4 Å². The van der Waals surface area contributed by atoms with E-state index in [2.05, 4.69) is 10.2 Å². The van der Waals surface area contributed by atoms with E-state index in [1.165, 1.54) is 0 Å². The van der Waals surface area contributed by atoms with Crippen LogP contribution in [0.25, 0.3) is 0 Å². The first-order chi connectivity index (χ1) is 10.6. The molecule has 0 aromatic carbocycles. The van der Waals surface area contributed by atoms with Crippen molar-refractivity contribution < 1.29 is 9.59 Å². The Morgan fingerprint density at radius 3 is 2.30 bits per heavy atom. The van der Waals surface area contributed by atoms with Crippen LogP contribution in [0.3, 0.4) is 0 Å². The van der Waals surface area contributed by atoms with Crippen molar-refractivity contribution in [1.29, 1.82) is 0 Å². The summed E-state index contributed by atoms with van der Waals surface area (Å²) in [6.07, 6.45) is 1.60. The van der Waals surface area contributed by atoms with Crippen molar-refractivity contribution in [2.45, 2.75) is 26.7 Å². The molecule has 7 heteroatoms. The topological polar surface area (TPSA) is 55.9 Å². The molecule has 0 aromatic heterocycles. The highest BCUT2D eigenvalue weighted by Crippen LogP contribution is 2.09. The second kappa shape index (κ2) is 10.1. The predicted octanol–water partition coefficient (Wildman–Crippen LogP) is 0.420. The molecular formula is C16H31ClN4O2. The van der Waals surface area contributed by atoms with Crippen molar-refractivity contribution in [1.82, 2.24) is 20.0 Å². The van der Waals surface area contributed by atoms with Crippen molar-refractivity contribution in [3.8, 4) is 0 Å². The second-order valence-corrected chi connectivity index (χ2v) is 6.56. The van der Waals surface area contributed by atoms with Gasteiger partial charge in [0.25, 0.3) is 0 Å². The molecule has 0 bridgehead atoms. The number of nitrogens with one attached hydrogen (secondary N) is 1. The molecule has 134 valence electrons. The van der Waals surface area contributed by atoms with E-state index in [1.807, 2.05) is 23.6 Å². The van der Waals surface area contributed by atoms with Gasteiger partial charge in [-0.25, -0.2) is 0 Å². The van der Waals surface area contributed by atoms with Crippen LogP contribution < -0.4 is 5.32 Å². The van der Waals surface area contributed by atoms with Gasteiger partial charge in [-0.05, 0) is 13.0 Å². The molecule has 0 atom stereocenters. The van der Waals surface area contributed by atoms with E-state index in [-0.39, 0.29) is 30.1 Å². The molecule has 2 aliphatic rings. The Bertz CT molecular complexity index is 386. The lowest BCUT2D eigenvalue weighted by Crippen LogP contribution is -2.47. The van der Waals surface area contributed by atoms with Crippen LogP contribution in [0.4, 0.5) is 0 Å². The van der Waals surface area contributed by atoms with Crippen molar-refractivity contribution in [2.24, 2.45) is 5.92 Å². The Balaban J connectivity index is 0.00000264. The van der Waals surface area contributed by atoms with Crippen LogP contribution in [0.5, 0.6) is 0 Å². The average molecular weight is 347 g/mol. The Morgan fingerprint density at radius 2 is 1.65 bits per heavy atom. The maximum absolute atomic E-state index is 12.2. The van der Waals surface area contributed by atoms with Crippen LogP contribution >= 0.6 is 12.4 Å². The van der Waals surface area contributed by atoms with Gasteiger partial charge in [-0.2, -0.15) is 0 Å². The molecule has 0 saturated carbocycles. The number of halogens is 1. The molecule has 0 radical (unpaired) electrons. The monoisotopic (exact) mass is 346 g/mol. The van der Waals surface area contributed by atoms with Gasteiger partial charge in [0.1, 0.15) is 0 Å². The van der Waals surface area contributed by atoms with Crippen molar-refractivity contribution in [3.63, 3.8) is 0 Å². The van der Waals surface area contributed by atoms with E-state index >= 15 is 0 Å². The minimum absolute atomic E-state index is 0. The Hall–Kier alpha value is -0.850. The molecule has 23 heavy (non-hydrogen) atoms. The standard InChI is InChI=1S/C16H30N4O2.ClH/c1-14(2)16(22)20-8-3-7-18(12-13-20)9-4-15(21)19-10-5-17-6-11-19;/h14,17H,3-13H2,1-2H3;1H. The molecule has 0 aliphatic carbocycles. The fourth-order valence-electron chi connectivity index (χ4n) is 3.11. The van der Waals surface area contributed by atoms with E-state index in [0.29, 0.717) is 6.42 Å². The molecule has 2 amide bonds. The zero-order valence-corrected chi connectivity index (χ0v) is 15.2. The van der Waals surface area contributed by atoms with Gasteiger partial charge in [0.05, 0.1) is 0 Å². The van der Waals surface area contributed by atoms with Crippen LogP contribution in [0, 0.1) is 5.92 Å². The van der Waals surface area contributed by atoms with Gasteiger partial charge in [0.2, 0.25) is 11.8 Å². The van der Waals surface area contributed by atoms with Gasteiger partial charge < -0.3 is 20.0 Å². The number of hydrogen-bond donors (Lipinski definition) is 1. The van der Waals surface area contributed by atoms with E-state index < -0.39 is 0 Å². The first kappa shape index (κ1) is 20.2. The van der Waals surface area contributed by atoms with Crippen LogP contribution in [0.1, 0.15) is 26.7 Å². The minimum atomic E-state index is 0. The van der Waals surface area contributed by atoms with Crippen LogP contribution in [-0.2, 0) is 9.59 Å². The summed E-state index contributed by atoms with van der Waals surface area (Å²) in [6, 6.07) is 0. The van der Waals surface area contributed by atoms with Gasteiger partial charge in [-0.3, -0.25) is 9.59 Å². The molecule has 0 unspecified atom stereocenters.